The number of ether oxygens (including phenoxy) is 6. The van der Waals surface area contributed by atoms with Gasteiger partial charge < -0.3 is 28.4 Å². The van der Waals surface area contributed by atoms with E-state index in [-0.39, 0.29) is 29.6 Å². The monoisotopic (exact) mass is 378 g/mol. The lowest BCUT2D eigenvalue weighted by molar-refractivity contribution is -0.131. The van der Waals surface area contributed by atoms with E-state index in [1.54, 1.807) is 6.07 Å². The molecule has 0 spiro atoms. The number of Topliss-reactive ketones (excluding diaryl/α,β-unsaturated/α-hetero) is 1. The van der Waals surface area contributed by atoms with Crippen LogP contribution in [-0.2, 0) is 9.53 Å². The van der Waals surface area contributed by atoms with Gasteiger partial charge in [0.15, 0.2) is 24.1 Å². The first-order valence-corrected chi connectivity index (χ1v) is 8.00. The Morgan fingerprint density at radius 2 is 1.44 bits per heavy atom. The summed E-state index contributed by atoms with van der Waals surface area (Å²) in [6, 6.07) is 3.03. The highest BCUT2D eigenvalue weighted by atomic mass is 16.7. The van der Waals surface area contributed by atoms with Crippen LogP contribution in [-0.4, -0.2) is 47.0 Å². The maximum atomic E-state index is 12.2. The third kappa shape index (κ3) is 3.90. The highest BCUT2D eigenvalue weighted by molar-refractivity contribution is 6.11. The minimum Gasteiger partial charge on any atom is -0.496 e. The van der Waals surface area contributed by atoms with E-state index >= 15 is 0 Å². The zero-order chi connectivity index (χ0) is 20.1. The normalized spacial score (nSPS) is 10.4. The van der Waals surface area contributed by atoms with Crippen LogP contribution in [0.1, 0.15) is 24.2 Å². The van der Waals surface area contributed by atoms with Crippen LogP contribution in [0.2, 0.25) is 0 Å². The molecule has 0 bridgehead atoms. The number of benzene rings is 2. The standard InChI is InChI=1S/C19H22O8/c1-10(20)12-7-14(27-11(2)21)17-16(18(12)26-9-22-3)13(23-4)8-15(24-5)19(17)25-6/h7-8H,9H2,1-6H3. The summed E-state index contributed by atoms with van der Waals surface area (Å²) >= 11 is 0. The number of ketones is 1. The number of carbonyl (C=O) groups excluding carboxylic acids is 2. The van der Waals surface area contributed by atoms with Crippen molar-refractivity contribution in [2.45, 2.75) is 13.8 Å². The van der Waals surface area contributed by atoms with Crippen molar-refractivity contribution < 1.29 is 38.0 Å². The molecule has 2 rings (SSSR count). The first kappa shape index (κ1) is 20.3. The summed E-state index contributed by atoms with van der Waals surface area (Å²) in [5.41, 5.74) is 0.210. The molecule has 0 aliphatic carbocycles. The Morgan fingerprint density at radius 3 is 1.93 bits per heavy atom. The van der Waals surface area contributed by atoms with Crippen LogP contribution in [0.15, 0.2) is 12.1 Å². The Morgan fingerprint density at radius 1 is 0.815 bits per heavy atom. The first-order valence-electron chi connectivity index (χ1n) is 8.00. The van der Waals surface area contributed by atoms with Gasteiger partial charge in [-0.25, -0.2) is 0 Å². The maximum Gasteiger partial charge on any atom is 0.308 e. The molecule has 0 saturated heterocycles. The third-order valence-electron chi connectivity index (χ3n) is 3.80. The van der Waals surface area contributed by atoms with Crippen molar-refractivity contribution in [2.24, 2.45) is 0 Å². The molecule has 0 fully saturated rings. The first-order chi connectivity index (χ1) is 12.9. The Hall–Kier alpha value is -3.00. The lowest BCUT2D eigenvalue weighted by Gasteiger charge is -2.20. The van der Waals surface area contributed by atoms with Crippen molar-refractivity contribution in [1.82, 2.24) is 0 Å². The number of methoxy groups -OCH3 is 4. The highest BCUT2D eigenvalue weighted by Crippen LogP contribution is 2.50. The Kier molecular flexibility index (Phi) is 6.46. The molecule has 2 aromatic rings. The SMILES string of the molecule is COCOc1c(C(C)=O)cc(OC(C)=O)c2c(OC)c(OC)cc(OC)c12. The summed E-state index contributed by atoms with van der Waals surface area (Å²) in [6.07, 6.45) is 0. The van der Waals surface area contributed by atoms with Gasteiger partial charge in [0.1, 0.15) is 17.2 Å². The fourth-order valence-electron chi connectivity index (χ4n) is 2.76. The van der Waals surface area contributed by atoms with Crippen LogP contribution < -0.4 is 23.7 Å². The van der Waals surface area contributed by atoms with E-state index in [1.165, 1.54) is 48.4 Å². The largest absolute Gasteiger partial charge is 0.496 e. The Labute approximate surface area is 156 Å². The van der Waals surface area contributed by atoms with Gasteiger partial charge in [0.2, 0.25) is 0 Å². The zero-order valence-electron chi connectivity index (χ0n) is 16.1. The molecular weight excluding hydrogens is 356 g/mol. The van der Waals surface area contributed by atoms with Gasteiger partial charge in [0, 0.05) is 20.1 Å². The number of fused-ring (bicyclic) bond motifs is 1. The van der Waals surface area contributed by atoms with Crippen LogP contribution in [0.4, 0.5) is 0 Å². The van der Waals surface area contributed by atoms with Gasteiger partial charge in [-0.2, -0.15) is 0 Å². The van der Waals surface area contributed by atoms with E-state index in [0.717, 1.165) is 0 Å². The Bertz CT molecular complexity index is 872. The van der Waals surface area contributed by atoms with Gasteiger partial charge in [-0.1, -0.05) is 0 Å². The molecule has 27 heavy (non-hydrogen) atoms. The maximum absolute atomic E-state index is 12.2. The van der Waals surface area contributed by atoms with Crippen molar-refractivity contribution in [3.8, 4) is 28.7 Å². The van der Waals surface area contributed by atoms with E-state index in [9.17, 15) is 9.59 Å². The molecule has 0 amide bonds. The molecule has 2 aromatic carbocycles. The molecular formula is C19H22O8. The van der Waals surface area contributed by atoms with Crippen LogP contribution in [0, 0.1) is 0 Å². The molecule has 146 valence electrons. The number of rotatable bonds is 8. The average Bonchev–Trinajstić information content (AvgIpc) is 2.64. The molecule has 0 saturated carbocycles. The molecule has 8 nitrogen and oxygen atoms in total. The van der Waals surface area contributed by atoms with Crippen molar-refractivity contribution in [3.05, 3.63) is 17.7 Å². The second kappa shape index (κ2) is 8.59. The Balaban J connectivity index is 3.07. The second-order valence-electron chi connectivity index (χ2n) is 5.52. The number of hydrogen-bond donors (Lipinski definition) is 0. The summed E-state index contributed by atoms with van der Waals surface area (Å²) < 4.78 is 32.3. The smallest absolute Gasteiger partial charge is 0.308 e. The summed E-state index contributed by atoms with van der Waals surface area (Å²) in [6.45, 7) is 2.55. The predicted molar refractivity (Wildman–Crippen MR) is 97.4 cm³/mol. The van der Waals surface area contributed by atoms with Crippen molar-refractivity contribution in [1.29, 1.82) is 0 Å². The molecule has 0 atom stereocenters. The molecule has 0 aromatic heterocycles. The van der Waals surface area contributed by atoms with Gasteiger partial charge in [-0.3, -0.25) is 9.59 Å². The van der Waals surface area contributed by atoms with Gasteiger partial charge in [0.25, 0.3) is 0 Å². The quantitative estimate of drug-likeness (QED) is 0.300. The molecule has 0 aliphatic rings. The molecule has 0 aliphatic heterocycles. The molecule has 0 radical (unpaired) electrons. The highest BCUT2D eigenvalue weighted by Gasteiger charge is 2.26. The van der Waals surface area contributed by atoms with E-state index in [1.807, 2.05) is 0 Å². The minimum atomic E-state index is -0.555. The van der Waals surface area contributed by atoms with E-state index < -0.39 is 5.97 Å². The molecule has 8 heteroatoms. The molecule has 0 unspecified atom stereocenters. The average molecular weight is 378 g/mol. The van der Waals surface area contributed by atoms with Gasteiger partial charge >= 0.3 is 5.97 Å². The molecule has 0 heterocycles. The summed E-state index contributed by atoms with van der Waals surface area (Å²) in [5.74, 6) is 0.540. The topological polar surface area (TPSA) is 89.5 Å². The predicted octanol–water partition coefficient (Wildman–Crippen LogP) is 2.98. The second-order valence-corrected chi connectivity index (χ2v) is 5.52. The van der Waals surface area contributed by atoms with Gasteiger partial charge in [0.05, 0.1) is 37.7 Å². The minimum absolute atomic E-state index is 0.0974. The summed E-state index contributed by atoms with van der Waals surface area (Å²) in [4.78, 5) is 23.9. The van der Waals surface area contributed by atoms with Crippen LogP contribution in [0.25, 0.3) is 10.8 Å². The van der Waals surface area contributed by atoms with Gasteiger partial charge in [-0.05, 0) is 13.0 Å². The fraction of sp³-hybridized carbons (Fsp3) is 0.368. The van der Waals surface area contributed by atoms with Crippen LogP contribution in [0.5, 0.6) is 28.7 Å². The zero-order valence-corrected chi connectivity index (χ0v) is 16.1. The number of carbonyl (C=O) groups is 2. The summed E-state index contributed by atoms with van der Waals surface area (Å²) in [5, 5.41) is 0.774. The lowest BCUT2D eigenvalue weighted by Crippen LogP contribution is -2.09. The lowest BCUT2D eigenvalue weighted by atomic mass is 9.99. The summed E-state index contributed by atoms with van der Waals surface area (Å²) in [7, 11) is 5.85. The van der Waals surface area contributed by atoms with Crippen LogP contribution in [0.3, 0.4) is 0 Å². The third-order valence-corrected chi connectivity index (χ3v) is 3.80. The van der Waals surface area contributed by atoms with Crippen LogP contribution >= 0.6 is 0 Å². The van der Waals surface area contributed by atoms with Crippen molar-refractivity contribution in [2.75, 3.05) is 35.2 Å². The van der Waals surface area contributed by atoms with E-state index in [2.05, 4.69) is 0 Å². The van der Waals surface area contributed by atoms with Gasteiger partial charge in [-0.15, -0.1) is 0 Å². The van der Waals surface area contributed by atoms with Crippen molar-refractivity contribution in [3.63, 3.8) is 0 Å². The number of esters is 1. The number of hydrogen-bond acceptors (Lipinski definition) is 8. The van der Waals surface area contributed by atoms with E-state index in [0.29, 0.717) is 28.0 Å². The van der Waals surface area contributed by atoms with E-state index in [4.69, 9.17) is 28.4 Å². The molecule has 0 N–H and O–H groups in total. The fourth-order valence-corrected chi connectivity index (χ4v) is 2.76. The van der Waals surface area contributed by atoms with Crippen molar-refractivity contribution >= 4 is 22.5 Å².